The molecule has 0 aliphatic heterocycles. The summed E-state index contributed by atoms with van der Waals surface area (Å²) in [6.07, 6.45) is 1.89. The summed E-state index contributed by atoms with van der Waals surface area (Å²) in [6, 6.07) is 57.7. The quantitative estimate of drug-likeness (QED) is 0.177. The monoisotopic (exact) mass is 603 g/mol. The predicted octanol–water partition coefficient (Wildman–Crippen LogP) is 13.3. The van der Waals surface area contributed by atoms with Crippen LogP contribution in [0.4, 0.5) is 17.1 Å². The van der Waals surface area contributed by atoms with E-state index >= 15 is 0 Å². The average Bonchev–Trinajstić information content (AvgIpc) is 3.50. The minimum atomic E-state index is 1.11. The van der Waals surface area contributed by atoms with E-state index in [2.05, 4.69) is 169 Å². The van der Waals surface area contributed by atoms with Crippen LogP contribution in [0, 0.1) is 0 Å². The van der Waals surface area contributed by atoms with Gasteiger partial charge < -0.3 is 4.90 Å². The van der Waals surface area contributed by atoms with Crippen LogP contribution in [-0.2, 0) is 0 Å². The highest BCUT2D eigenvalue weighted by Gasteiger charge is 2.17. The lowest BCUT2D eigenvalue weighted by Gasteiger charge is -2.26. The zero-order valence-electron chi connectivity index (χ0n) is 25.2. The van der Waals surface area contributed by atoms with Gasteiger partial charge in [-0.1, -0.05) is 116 Å². The minimum Gasteiger partial charge on any atom is -0.310 e. The van der Waals surface area contributed by atoms with Crippen LogP contribution in [0.1, 0.15) is 5.56 Å². The second kappa shape index (κ2) is 10.7. The van der Waals surface area contributed by atoms with Crippen molar-refractivity contribution < 1.29 is 0 Å². The van der Waals surface area contributed by atoms with Crippen molar-refractivity contribution in [2.45, 2.75) is 0 Å². The molecule has 0 unspecified atom stereocenters. The number of rotatable bonds is 5. The Labute approximate surface area is 271 Å². The van der Waals surface area contributed by atoms with Crippen molar-refractivity contribution in [1.82, 2.24) is 0 Å². The molecular weight excluding hydrogens is 575 g/mol. The van der Waals surface area contributed by atoms with Gasteiger partial charge in [0.15, 0.2) is 0 Å². The van der Waals surface area contributed by atoms with Gasteiger partial charge in [0, 0.05) is 37.2 Å². The van der Waals surface area contributed by atoms with Crippen LogP contribution in [0.5, 0.6) is 0 Å². The van der Waals surface area contributed by atoms with Crippen LogP contribution in [0.3, 0.4) is 0 Å². The topological polar surface area (TPSA) is 3.24 Å². The summed E-state index contributed by atoms with van der Waals surface area (Å²) in [5.41, 5.74) is 6.99. The molecule has 1 nitrogen and oxygen atoms in total. The third kappa shape index (κ3) is 4.38. The van der Waals surface area contributed by atoms with Crippen molar-refractivity contribution in [1.29, 1.82) is 0 Å². The van der Waals surface area contributed by atoms with Crippen molar-refractivity contribution in [2.24, 2.45) is 0 Å². The Balaban J connectivity index is 1.24. The smallest absolute Gasteiger partial charge is 0.0468 e. The Hall–Kier alpha value is -5.70. The number of fused-ring (bicyclic) bond motifs is 7. The van der Waals surface area contributed by atoms with E-state index in [0.29, 0.717) is 0 Å². The summed E-state index contributed by atoms with van der Waals surface area (Å²) >= 11 is 1.87. The summed E-state index contributed by atoms with van der Waals surface area (Å²) < 4.78 is 2.59. The van der Waals surface area contributed by atoms with Gasteiger partial charge in [-0.05, 0) is 104 Å². The predicted molar refractivity (Wildman–Crippen MR) is 202 cm³/mol. The van der Waals surface area contributed by atoms with E-state index in [9.17, 15) is 0 Å². The van der Waals surface area contributed by atoms with Crippen LogP contribution in [-0.4, -0.2) is 0 Å². The fraction of sp³-hybridized carbons (Fsp3) is 0. The van der Waals surface area contributed by atoms with Crippen LogP contribution < -0.4 is 4.90 Å². The molecule has 0 aliphatic rings. The molecule has 2 heteroatoms. The third-order valence-electron chi connectivity index (χ3n) is 9.17. The third-order valence-corrected chi connectivity index (χ3v) is 10.3. The fourth-order valence-electron chi connectivity index (χ4n) is 6.90. The molecule has 0 atom stereocenters. The Kier molecular flexibility index (Phi) is 6.22. The van der Waals surface area contributed by atoms with Gasteiger partial charge in [-0.15, -0.1) is 11.3 Å². The molecule has 0 N–H and O–H groups in total. The van der Waals surface area contributed by atoms with Crippen LogP contribution in [0.25, 0.3) is 69.7 Å². The van der Waals surface area contributed by atoms with Gasteiger partial charge >= 0.3 is 0 Å². The zero-order chi connectivity index (χ0) is 30.6. The van der Waals surface area contributed by atoms with Gasteiger partial charge in [-0.3, -0.25) is 0 Å². The van der Waals surface area contributed by atoms with Gasteiger partial charge in [-0.25, -0.2) is 0 Å². The van der Waals surface area contributed by atoms with Crippen molar-refractivity contribution in [3.63, 3.8) is 0 Å². The maximum atomic E-state index is 3.96. The second-order valence-electron chi connectivity index (χ2n) is 11.8. The van der Waals surface area contributed by atoms with Gasteiger partial charge in [0.1, 0.15) is 0 Å². The van der Waals surface area contributed by atoms with E-state index in [0.717, 1.165) is 22.6 Å². The highest BCUT2D eigenvalue weighted by Crippen LogP contribution is 2.44. The molecule has 0 saturated carbocycles. The summed E-state index contributed by atoms with van der Waals surface area (Å²) in [5.74, 6) is 0. The average molecular weight is 604 g/mol. The van der Waals surface area contributed by atoms with Crippen LogP contribution in [0.15, 0.2) is 164 Å². The first kappa shape index (κ1) is 26.7. The highest BCUT2D eigenvalue weighted by atomic mass is 32.1. The van der Waals surface area contributed by atoms with Gasteiger partial charge in [-0.2, -0.15) is 0 Å². The molecule has 0 fully saturated rings. The molecule has 8 aromatic carbocycles. The Bertz CT molecular complexity index is 2610. The summed E-state index contributed by atoms with van der Waals surface area (Å²) in [4.78, 5) is 2.37. The molecule has 0 aliphatic carbocycles. The summed E-state index contributed by atoms with van der Waals surface area (Å²) in [5, 5.41) is 10.2. The molecular formula is C44H29NS. The molecule has 0 radical (unpaired) electrons. The van der Waals surface area contributed by atoms with E-state index in [1.807, 2.05) is 17.4 Å². The van der Waals surface area contributed by atoms with E-state index in [1.54, 1.807) is 0 Å². The molecule has 9 rings (SSSR count). The molecule has 1 heterocycles. The molecule has 9 aromatic rings. The van der Waals surface area contributed by atoms with Gasteiger partial charge in [0.05, 0.1) is 0 Å². The standard InChI is InChI=1S/C44H29NS/c1-2-29-14-20-35(21-15-29)45(36-22-18-30-8-3-4-10-32(30)27-36)37-23-25-42-41(28-37)44-40(12-7-13-43(44)46-42)34-19-24-39-33(26-34)17-16-31-9-5-6-11-38(31)39/h2-28H,1H2. The Morgan fingerprint density at radius 2 is 1.15 bits per heavy atom. The molecule has 46 heavy (non-hydrogen) atoms. The van der Waals surface area contributed by atoms with Crippen molar-refractivity contribution in [3.8, 4) is 11.1 Å². The van der Waals surface area contributed by atoms with Crippen molar-refractivity contribution >= 4 is 87.0 Å². The number of anilines is 3. The fourth-order valence-corrected chi connectivity index (χ4v) is 8.01. The molecule has 0 bridgehead atoms. The lowest BCUT2D eigenvalue weighted by molar-refractivity contribution is 1.29. The molecule has 0 amide bonds. The van der Waals surface area contributed by atoms with Crippen LogP contribution in [0.2, 0.25) is 0 Å². The molecule has 216 valence electrons. The van der Waals surface area contributed by atoms with E-state index in [1.165, 1.54) is 63.6 Å². The number of thiophene rings is 1. The lowest BCUT2D eigenvalue weighted by atomic mass is 9.95. The van der Waals surface area contributed by atoms with Crippen molar-refractivity contribution in [2.75, 3.05) is 4.90 Å². The Morgan fingerprint density at radius 1 is 0.457 bits per heavy atom. The maximum Gasteiger partial charge on any atom is 0.0468 e. The van der Waals surface area contributed by atoms with E-state index < -0.39 is 0 Å². The van der Waals surface area contributed by atoms with Gasteiger partial charge in [0.2, 0.25) is 0 Å². The van der Waals surface area contributed by atoms with E-state index in [4.69, 9.17) is 0 Å². The SMILES string of the molecule is C=Cc1ccc(N(c2ccc3ccccc3c2)c2ccc3sc4cccc(-c5ccc6c(ccc7ccccc76)c5)c4c3c2)cc1. The molecule has 0 spiro atoms. The number of hydrogen-bond donors (Lipinski definition) is 0. The molecule has 0 saturated heterocycles. The van der Waals surface area contributed by atoms with Crippen molar-refractivity contribution in [3.05, 3.63) is 170 Å². The minimum absolute atomic E-state index is 1.11. The number of benzene rings is 8. The zero-order valence-corrected chi connectivity index (χ0v) is 26.0. The van der Waals surface area contributed by atoms with Gasteiger partial charge in [0.25, 0.3) is 0 Å². The second-order valence-corrected chi connectivity index (χ2v) is 12.9. The normalized spacial score (nSPS) is 11.6. The van der Waals surface area contributed by atoms with Crippen LogP contribution >= 0.6 is 11.3 Å². The lowest BCUT2D eigenvalue weighted by Crippen LogP contribution is -2.09. The number of nitrogens with zero attached hydrogens (tertiary/aromatic N) is 1. The first-order chi connectivity index (χ1) is 22.7. The largest absolute Gasteiger partial charge is 0.310 e. The first-order valence-electron chi connectivity index (χ1n) is 15.6. The maximum absolute atomic E-state index is 3.96. The first-order valence-corrected chi connectivity index (χ1v) is 16.4. The summed E-state index contributed by atoms with van der Waals surface area (Å²) in [6.45, 7) is 3.96. The summed E-state index contributed by atoms with van der Waals surface area (Å²) in [7, 11) is 0. The Morgan fingerprint density at radius 3 is 2.02 bits per heavy atom. The molecule has 1 aromatic heterocycles. The highest BCUT2D eigenvalue weighted by molar-refractivity contribution is 7.26. The number of hydrogen-bond acceptors (Lipinski definition) is 2. The van der Waals surface area contributed by atoms with E-state index in [-0.39, 0.29) is 0 Å².